The van der Waals surface area contributed by atoms with E-state index in [1.807, 2.05) is 54.3 Å². The number of piperazine rings is 1. The topological polar surface area (TPSA) is 60.9 Å². The first-order valence-electron chi connectivity index (χ1n) is 11.7. The molecule has 3 aromatic carbocycles. The van der Waals surface area contributed by atoms with Crippen molar-refractivity contribution in [3.63, 3.8) is 0 Å². The third-order valence-electron chi connectivity index (χ3n) is 6.75. The van der Waals surface area contributed by atoms with Gasteiger partial charge in [0.1, 0.15) is 0 Å². The second-order valence-corrected chi connectivity index (χ2v) is 11.0. The molecule has 1 fully saturated rings. The van der Waals surface area contributed by atoms with Crippen LogP contribution in [0.4, 0.5) is 5.69 Å². The number of benzene rings is 3. The minimum atomic E-state index is -3.60. The van der Waals surface area contributed by atoms with Crippen molar-refractivity contribution in [1.29, 1.82) is 0 Å². The number of hydrogen-bond donors (Lipinski definition) is 0. The third kappa shape index (κ3) is 4.39. The van der Waals surface area contributed by atoms with Crippen molar-refractivity contribution in [3.8, 4) is 0 Å². The Morgan fingerprint density at radius 3 is 2.21 bits per heavy atom. The van der Waals surface area contributed by atoms with Crippen LogP contribution in [0.1, 0.15) is 28.4 Å². The van der Waals surface area contributed by atoms with Crippen LogP contribution in [-0.4, -0.2) is 55.8 Å². The van der Waals surface area contributed by atoms with Crippen LogP contribution >= 0.6 is 0 Å². The molecule has 1 saturated heterocycles. The van der Waals surface area contributed by atoms with Crippen molar-refractivity contribution in [2.75, 3.05) is 31.1 Å². The molecule has 5 rings (SSSR count). The summed E-state index contributed by atoms with van der Waals surface area (Å²) in [6.07, 6.45) is 0.824. The lowest BCUT2D eigenvalue weighted by molar-refractivity contribution is 0.0981. The van der Waals surface area contributed by atoms with Crippen LogP contribution in [0.15, 0.2) is 83.8 Å². The molecular weight excluding hydrogens is 446 g/mol. The molecule has 2 aliphatic heterocycles. The molecule has 1 unspecified atom stereocenters. The molecule has 1 atom stereocenters. The summed E-state index contributed by atoms with van der Waals surface area (Å²) in [7, 11) is -3.60. The molecule has 0 aliphatic carbocycles. The second-order valence-electron chi connectivity index (χ2n) is 9.05. The maximum atomic E-state index is 13.2. The number of carbonyl (C=O) groups is 1. The minimum Gasteiger partial charge on any atom is -0.305 e. The molecule has 0 N–H and O–H groups in total. The molecule has 0 radical (unpaired) electrons. The van der Waals surface area contributed by atoms with Gasteiger partial charge in [0.05, 0.1) is 4.90 Å². The maximum absolute atomic E-state index is 13.2. The predicted molar refractivity (Wildman–Crippen MR) is 133 cm³/mol. The zero-order chi connectivity index (χ0) is 23.7. The van der Waals surface area contributed by atoms with Crippen molar-refractivity contribution in [1.82, 2.24) is 9.21 Å². The quantitative estimate of drug-likeness (QED) is 0.564. The van der Waals surface area contributed by atoms with Crippen LogP contribution in [0.3, 0.4) is 0 Å². The molecule has 6 nitrogen and oxygen atoms in total. The Hall–Kier alpha value is -3.00. The first-order valence-corrected chi connectivity index (χ1v) is 13.2. The van der Waals surface area contributed by atoms with Gasteiger partial charge >= 0.3 is 0 Å². The largest absolute Gasteiger partial charge is 0.305 e. The Kier molecular flexibility index (Phi) is 6.25. The lowest BCUT2D eigenvalue weighted by atomic mass is 10.1. The highest BCUT2D eigenvalue weighted by Crippen LogP contribution is 2.33. The third-order valence-corrected chi connectivity index (χ3v) is 8.66. The van der Waals surface area contributed by atoms with E-state index in [1.54, 1.807) is 28.6 Å². The van der Waals surface area contributed by atoms with Crippen molar-refractivity contribution in [2.45, 2.75) is 30.8 Å². The van der Waals surface area contributed by atoms with Gasteiger partial charge in [-0.05, 0) is 54.8 Å². The number of nitrogens with zero attached hydrogens (tertiary/aromatic N) is 3. The van der Waals surface area contributed by atoms with Gasteiger partial charge in [0, 0.05) is 50.0 Å². The van der Waals surface area contributed by atoms with Gasteiger partial charge in [-0.25, -0.2) is 8.42 Å². The molecule has 3 aromatic rings. The van der Waals surface area contributed by atoms with Crippen molar-refractivity contribution >= 4 is 21.6 Å². The zero-order valence-electron chi connectivity index (χ0n) is 19.3. The molecule has 34 heavy (non-hydrogen) atoms. The van der Waals surface area contributed by atoms with Crippen molar-refractivity contribution < 1.29 is 13.2 Å². The van der Waals surface area contributed by atoms with E-state index < -0.39 is 10.0 Å². The van der Waals surface area contributed by atoms with E-state index in [4.69, 9.17) is 0 Å². The molecule has 0 bridgehead atoms. The van der Waals surface area contributed by atoms with E-state index >= 15 is 0 Å². The number of sulfonamides is 1. The summed E-state index contributed by atoms with van der Waals surface area (Å²) in [6.45, 7) is 5.15. The molecule has 176 valence electrons. The summed E-state index contributed by atoms with van der Waals surface area (Å²) < 4.78 is 28.0. The Morgan fingerprint density at radius 1 is 0.853 bits per heavy atom. The Morgan fingerprint density at radius 2 is 1.50 bits per heavy atom. The van der Waals surface area contributed by atoms with Crippen LogP contribution in [0.5, 0.6) is 0 Å². The summed E-state index contributed by atoms with van der Waals surface area (Å²) in [5, 5.41) is 0. The molecule has 0 saturated carbocycles. The highest BCUT2D eigenvalue weighted by Gasteiger charge is 2.32. The van der Waals surface area contributed by atoms with E-state index in [0.717, 1.165) is 24.2 Å². The number of hydrogen-bond acceptors (Lipinski definition) is 4. The van der Waals surface area contributed by atoms with Crippen LogP contribution in [0, 0.1) is 0 Å². The van der Waals surface area contributed by atoms with Gasteiger partial charge < -0.3 is 4.90 Å². The van der Waals surface area contributed by atoms with Gasteiger partial charge in [0.2, 0.25) is 10.0 Å². The molecule has 2 heterocycles. The number of amides is 1. The van der Waals surface area contributed by atoms with E-state index in [0.29, 0.717) is 31.7 Å². The summed E-state index contributed by atoms with van der Waals surface area (Å²) in [5.41, 5.74) is 3.82. The molecule has 1 amide bonds. The predicted octanol–water partition coefficient (Wildman–Crippen LogP) is 3.78. The van der Waals surface area contributed by atoms with E-state index in [9.17, 15) is 13.2 Å². The van der Waals surface area contributed by atoms with Gasteiger partial charge in [-0.2, -0.15) is 4.31 Å². The van der Waals surface area contributed by atoms with Gasteiger partial charge in [-0.3, -0.25) is 9.69 Å². The zero-order valence-corrected chi connectivity index (χ0v) is 20.1. The Bertz CT molecular complexity index is 1270. The Balaban J connectivity index is 1.26. The highest BCUT2D eigenvalue weighted by molar-refractivity contribution is 7.89. The number of carbonyl (C=O) groups excluding carboxylic acids is 1. The van der Waals surface area contributed by atoms with E-state index in [1.165, 1.54) is 5.56 Å². The molecule has 0 spiro atoms. The summed E-state index contributed by atoms with van der Waals surface area (Å²) in [5.74, 6) is -0.101. The van der Waals surface area contributed by atoms with E-state index in [2.05, 4.69) is 17.0 Å². The number of para-hydroxylation sites is 1. The van der Waals surface area contributed by atoms with Crippen LogP contribution < -0.4 is 4.90 Å². The fourth-order valence-electron chi connectivity index (χ4n) is 4.90. The summed E-state index contributed by atoms with van der Waals surface area (Å²) >= 11 is 0. The number of anilines is 1. The average molecular weight is 476 g/mol. The molecular formula is C27H29N3O3S. The first kappa shape index (κ1) is 22.8. The number of fused-ring (bicyclic) bond motifs is 1. The van der Waals surface area contributed by atoms with Gasteiger partial charge in [0.25, 0.3) is 5.91 Å². The van der Waals surface area contributed by atoms with Crippen LogP contribution in [0.2, 0.25) is 0 Å². The maximum Gasteiger partial charge on any atom is 0.258 e. The number of rotatable bonds is 5. The SMILES string of the molecule is CC1Cc2ccccc2N1C(=O)c1ccc(S(=O)(=O)N2CCN(Cc3ccccc3)CC2)cc1. The smallest absolute Gasteiger partial charge is 0.258 e. The first-order chi connectivity index (χ1) is 16.4. The van der Waals surface area contributed by atoms with E-state index in [-0.39, 0.29) is 16.8 Å². The lowest BCUT2D eigenvalue weighted by Crippen LogP contribution is -2.48. The molecule has 2 aliphatic rings. The minimum absolute atomic E-state index is 0.0699. The fraction of sp³-hybridized carbons (Fsp3) is 0.296. The lowest BCUT2D eigenvalue weighted by Gasteiger charge is -2.34. The average Bonchev–Trinajstić information content (AvgIpc) is 3.20. The van der Waals surface area contributed by atoms with Gasteiger partial charge in [0.15, 0.2) is 0 Å². The second kappa shape index (κ2) is 9.33. The summed E-state index contributed by atoms with van der Waals surface area (Å²) in [6, 6.07) is 24.6. The highest BCUT2D eigenvalue weighted by atomic mass is 32.2. The van der Waals surface area contributed by atoms with Gasteiger partial charge in [-0.1, -0.05) is 48.5 Å². The summed E-state index contributed by atoms with van der Waals surface area (Å²) in [4.78, 5) is 17.5. The molecule has 0 aromatic heterocycles. The Labute approximate surface area is 201 Å². The van der Waals surface area contributed by atoms with Crippen molar-refractivity contribution in [2.24, 2.45) is 0 Å². The molecule has 7 heteroatoms. The standard InChI is InChI=1S/C27H29N3O3S/c1-21-19-24-9-5-6-10-26(24)30(21)27(31)23-11-13-25(14-12-23)34(32,33)29-17-15-28(16-18-29)20-22-7-3-2-4-8-22/h2-14,21H,15-20H2,1H3. The normalized spacial score (nSPS) is 19.2. The van der Waals surface area contributed by atoms with Crippen LogP contribution in [-0.2, 0) is 23.0 Å². The van der Waals surface area contributed by atoms with Crippen molar-refractivity contribution in [3.05, 3.63) is 95.6 Å². The van der Waals surface area contributed by atoms with Gasteiger partial charge in [-0.15, -0.1) is 0 Å². The van der Waals surface area contributed by atoms with Crippen LogP contribution in [0.25, 0.3) is 0 Å². The monoisotopic (exact) mass is 475 g/mol. The fourth-order valence-corrected chi connectivity index (χ4v) is 6.32.